The maximum Gasteiger partial charge on any atom is 0.0647 e. The van der Waals surface area contributed by atoms with Crippen LogP contribution in [-0.4, -0.2) is 12.3 Å². The minimum Gasteiger partial charge on any atom is -0.330 e. The molecule has 0 radical (unpaired) electrons. The van der Waals surface area contributed by atoms with Crippen molar-refractivity contribution in [3.05, 3.63) is 32.8 Å². The standard InChI is InChI=1S/C11H14Cl3NS/c12-9-3-4-10(13)11(14)8(9)7-16-6-2-1-5-15/h3-4H,1-2,5-7,15H2. The maximum absolute atomic E-state index is 6.09. The Hall–Kier alpha value is 0.400. The van der Waals surface area contributed by atoms with Crippen molar-refractivity contribution in [1.29, 1.82) is 0 Å². The first-order chi connectivity index (χ1) is 7.66. The van der Waals surface area contributed by atoms with E-state index in [9.17, 15) is 0 Å². The van der Waals surface area contributed by atoms with E-state index in [0.717, 1.165) is 36.5 Å². The molecule has 0 saturated heterocycles. The monoisotopic (exact) mass is 297 g/mol. The third kappa shape index (κ3) is 4.34. The molecule has 0 saturated carbocycles. The number of hydrogen-bond acceptors (Lipinski definition) is 2. The molecule has 0 spiro atoms. The summed E-state index contributed by atoms with van der Waals surface area (Å²) in [6, 6.07) is 3.50. The predicted octanol–water partition coefficient (Wildman–Crippen LogP) is 4.62. The van der Waals surface area contributed by atoms with Crippen molar-refractivity contribution in [2.75, 3.05) is 12.3 Å². The number of unbranched alkanes of at least 4 members (excludes halogenated alkanes) is 1. The van der Waals surface area contributed by atoms with Crippen LogP contribution in [0.2, 0.25) is 15.1 Å². The summed E-state index contributed by atoms with van der Waals surface area (Å²) in [7, 11) is 0. The average molecular weight is 299 g/mol. The molecule has 0 fully saturated rings. The molecule has 0 aromatic heterocycles. The first-order valence-corrected chi connectivity index (χ1v) is 7.36. The van der Waals surface area contributed by atoms with Crippen molar-refractivity contribution >= 4 is 46.6 Å². The van der Waals surface area contributed by atoms with Gasteiger partial charge in [-0.15, -0.1) is 0 Å². The van der Waals surface area contributed by atoms with E-state index in [1.807, 2.05) is 0 Å². The van der Waals surface area contributed by atoms with E-state index < -0.39 is 0 Å². The van der Waals surface area contributed by atoms with Crippen molar-refractivity contribution in [1.82, 2.24) is 0 Å². The van der Waals surface area contributed by atoms with Crippen LogP contribution in [-0.2, 0) is 5.75 Å². The molecule has 0 bridgehead atoms. The number of rotatable bonds is 6. The molecule has 1 aromatic carbocycles. The van der Waals surface area contributed by atoms with E-state index in [-0.39, 0.29) is 0 Å². The first kappa shape index (κ1) is 14.5. The highest BCUT2D eigenvalue weighted by atomic mass is 35.5. The van der Waals surface area contributed by atoms with Gasteiger partial charge in [-0.1, -0.05) is 34.8 Å². The summed E-state index contributed by atoms with van der Waals surface area (Å²) in [4.78, 5) is 0. The van der Waals surface area contributed by atoms with Gasteiger partial charge in [0.1, 0.15) is 0 Å². The zero-order valence-corrected chi connectivity index (χ0v) is 11.9. The third-order valence-corrected chi connectivity index (χ3v) is 4.40. The average Bonchev–Trinajstić information content (AvgIpc) is 2.28. The maximum atomic E-state index is 6.09. The van der Waals surface area contributed by atoms with Crippen LogP contribution in [0.5, 0.6) is 0 Å². The normalized spacial score (nSPS) is 10.8. The zero-order valence-electron chi connectivity index (χ0n) is 8.81. The molecule has 1 nitrogen and oxygen atoms in total. The Morgan fingerprint density at radius 3 is 2.44 bits per heavy atom. The van der Waals surface area contributed by atoms with Crippen LogP contribution < -0.4 is 5.73 Å². The van der Waals surface area contributed by atoms with Gasteiger partial charge in [-0.3, -0.25) is 0 Å². The number of benzene rings is 1. The highest BCUT2D eigenvalue weighted by Crippen LogP contribution is 2.33. The molecule has 0 aliphatic rings. The SMILES string of the molecule is NCCCCSCc1c(Cl)ccc(Cl)c1Cl. The molecule has 0 atom stereocenters. The molecule has 0 amide bonds. The van der Waals surface area contributed by atoms with Crippen molar-refractivity contribution in [3.63, 3.8) is 0 Å². The van der Waals surface area contributed by atoms with Crippen LogP contribution in [0.4, 0.5) is 0 Å². The summed E-state index contributed by atoms with van der Waals surface area (Å²) in [6.45, 7) is 0.749. The number of nitrogens with two attached hydrogens (primary N) is 1. The van der Waals surface area contributed by atoms with E-state index in [4.69, 9.17) is 40.5 Å². The second kappa shape index (κ2) is 7.67. The van der Waals surface area contributed by atoms with Gasteiger partial charge in [0.2, 0.25) is 0 Å². The van der Waals surface area contributed by atoms with Crippen LogP contribution in [0.1, 0.15) is 18.4 Å². The Balaban J connectivity index is 2.50. The predicted molar refractivity (Wildman–Crippen MR) is 75.9 cm³/mol. The molecule has 0 heterocycles. The van der Waals surface area contributed by atoms with Gasteiger partial charge in [0, 0.05) is 16.3 Å². The second-order valence-electron chi connectivity index (χ2n) is 3.37. The van der Waals surface area contributed by atoms with Crippen molar-refractivity contribution in [2.24, 2.45) is 5.73 Å². The molecule has 5 heteroatoms. The Kier molecular flexibility index (Phi) is 6.94. The Labute approximate surface area is 116 Å². The lowest BCUT2D eigenvalue weighted by molar-refractivity contribution is 0.814. The van der Waals surface area contributed by atoms with Crippen LogP contribution in [0.15, 0.2) is 12.1 Å². The molecule has 2 N–H and O–H groups in total. The van der Waals surface area contributed by atoms with Crippen LogP contribution in [0.25, 0.3) is 0 Å². The molecular weight excluding hydrogens is 285 g/mol. The number of halogens is 3. The van der Waals surface area contributed by atoms with Crippen molar-refractivity contribution in [3.8, 4) is 0 Å². The smallest absolute Gasteiger partial charge is 0.0647 e. The minimum atomic E-state index is 0.559. The summed E-state index contributed by atoms with van der Waals surface area (Å²) in [6.07, 6.45) is 2.18. The summed E-state index contributed by atoms with van der Waals surface area (Å²) >= 11 is 19.9. The molecule has 0 aliphatic heterocycles. The lowest BCUT2D eigenvalue weighted by atomic mass is 10.2. The van der Waals surface area contributed by atoms with Gasteiger partial charge in [0.05, 0.1) is 10.0 Å². The summed E-state index contributed by atoms with van der Waals surface area (Å²) in [5.41, 5.74) is 6.35. The Morgan fingerprint density at radius 1 is 1.06 bits per heavy atom. The van der Waals surface area contributed by atoms with E-state index in [1.165, 1.54) is 0 Å². The third-order valence-electron chi connectivity index (χ3n) is 2.13. The van der Waals surface area contributed by atoms with Crippen LogP contribution in [0, 0.1) is 0 Å². The van der Waals surface area contributed by atoms with Gasteiger partial charge >= 0.3 is 0 Å². The lowest BCUT2D eigenvalue weighted by Gasteiger charge is -2.08. The highest BCUT2D eigenvalue weighted by Gasteiger charge is 2.09. The fraction of sp³-hybridized carbons (Fsp3) is 0.455. The van der Waals surface area contributed by atoms with Crippen molar-refractivity contribution in [2.45, 2.75) is 18.6 Å². The van der Waals surface area contributed by atoms with Crippen LogP contribution >= 0.6 is 46.6 Å². The van der Waals surface area contributed by atoms with Crippen molar-refractivity contribution < 1.29 is 0 Å². The Morgan fingerprint density at radius 2 is 1.75 bits per heavy atom. The molecular formula is C11H14Cl3NS. The zero-order chi connectivity index (χ0) is 12.0. The Bertz CT molecular complexity index is 344. The van der Waals surface area contributed by atoms with Gasteiger partial charge in [0.15, 0.2) is 0 Å². The van der Waals surface area contributed by atoms with E-state index in [1.54, 1.807) is 23.9 Å². The minimum absolute atomic E-state index is 0.559. The van der Waals surface area contributed by atoms with Gasteiger partial charge in [0.25, 0.3) is 0 Å². The molecule has 0 unspecified atom stereocenters. The molecule has 90 valence electrons. The van der Waals surface area contributed by atoms with E-state index in [0.29, 0.717) is 15.1 Å². The number of thioether (sulfide) groups is 1. The lowest BCUT2D eigenvalue weighted by Crippen LogP contribution is -1.98. The van der Waals surface area contributed by atoms with E-state index in [2.05, 4.69) is 0 Å². The van der Waals surface area contributed by atoms with Gasteiger partial charge in [-0.05, 0) is 37.3 Å². The van der Waals surface area contributed by atoms with Gasteiger partial charge in [-0.25, -0.2) is 0 Å². The van der Waals surface area contributed by atoms with Gasteiger partial charge in [-0.2, -0.15) is 11.8 Å². The summed E-state index contributed by atoms with van der Waals surface area (Å²) in [5, 5.41) is 1.81. The topological polar surface area (TPSA) is 26.0 Å². The summed E-state index contributed by atoms with van der Waals surface area (Å²) in [5.74, 6) is 1.86. The largest absolute Gasteiger partial charge is 0.330 e. The summed E-state index contributed by atoms with van der Waals surface area (Å²) < 4.78 is 0. The number of hydrogen-bond donors (Lipinski definition) is 1. The molecule has 1 rings (SSSR count). The molecule has 0 aliphatic carbocycles. The van der Waals surface area contributed by atoms with Crippen LogP contribution in [0.3, 0.4) is 0 Å². The molecule has 16 heavy (non-hydrogen) atoms. The fourth-order valence-electron chi connectivity index (χ4n) is 1.22. The fourth-order valence-corrected chi connectivity index (χ4v) is 3.12. The van der Waals surface area contributed by atoms with E-state index >= 15 is 0 Å². The second-order valence-corrected chi connectivity index (χ2v) is 5.67. The first-order valence-electron chi connectivity index (χ1n) is 5.07. The quantitative estimate of drug-likeness (QED) is 0.612. The molecule has 1 aromatic rings. The highest BCUT2D eigenvalue weighted by molar-refractivity contribution is 7.98. The van der Waals surface area contributed by atoms with Gasteiger partial charge < -0.3 is 5.73 Å².